The molecule has 1 aromatic rings. The van der Waals surface area contributed by atoms with Gasteiger partial charge in [0, 0.05) is 19.7 Å². The molecule has 0 bridgehead atoms. The number of ether oxygens (including phenoxy) is 1. The van der Waals surface area contributed by atoms with Gasteiger partial charge in [-0.05, 0) is 38.0 Å². The monoisotopic (exact) mass is 265 g/mol. The molecule has 0 saturated carbocycles. The highest BCUT2D eigenvalue weighted by Gasteiger charge is 2.22. The van der Waals surface area contributed by atoms with E-state index in [1.54, 1.807) is 24.1 Å². The third kappa shape index (κ3) is 3.96. The molecule has 1 N–H and O–H groups in total. The molecule has 0 heterocycles. The van der Waals surface area contributed by atoms with Crippen molar-refractivity contribution < 1.29 is 14.6 Å². The molecule has 0 fully saturated rings. The molecule has 1 aromatic carbocycles. The van der Waals surface area contributed by atoms with Crippen LogP contribution in [0.4, 0.5) is 0 Å². The molecule has 1 atom stereocenters. The summed E-state index contributed by atoms with van der Waals surface area (Å²) in [6, 6.07) is 5.23. The minimum absolute atomic E-state index is 0.0377. The van der Waals surface area contributed by atoms with Crippen molar-refractivity contribution in [2.24, 2.45) is 0 Å². The van der Waals surface area contributed by atoms with Crippen LogP contribution in [0.15, 0.2) is 18.2 Å². The lowest BCUT2D eigenvalue weighted by atomic mass is 10.1. The summed E-state index contributed by atoms with van der Waals surface area (Å²) < 4.78 is 5.05. The van der Waals surface area contributed by atoms with E-state index in [0.29, 0.717) is 18.7 Å². The molecule has 0 saturated heterocycles. The van der Waals surface area contributed by atoms with Crippen molar-refractivity contribution >= 4 is 5.91 Å². The number of aryl methyl sites for hydroxylation is 1. The second-order valence-electron chi connectivity index (χ2n) is 4.77. The van der Waals surface area contributed by atoms with Gasteiger partial charge in [-0.25, -0.2) is 0 Å². The van der Waals surface area contributed by atoms with Gasteiger partial charge in [-0.3, -0.25) is 4.79 Å². The summed E-state index contributed by atoms with van der Waals surface area (Å²) >= 11 is 0. The van der Waals surface area contributed by atoms with Crippen molar-refractivity contribution in [3.63, 3.8) is 0 Å². The number of nitrogens with zero attached hydrogens (tertiary/aromatic N) is 1. The van der Waals surface area contributed by atoms with E-state index in [-0.39, 0.29) is 17.7 Å². The minimum atomic E-state index is -0.149. The van der Waals surface area contributed by atoms with Gasteiger partial charge in [0.25, 0.3) is 5.91 Å². The van der Waals surface area contributed by atoms with E-state index in [4.69, 9.17) is 4.74 Å². The molecule has 106 valence electrons. The smallest absolute Gasteiger partial charge is 0.257 e. The van der Waals surface area contributed by atoms with E-state index < -0.39 is 0 Å². The molecule has 0 aliphatic carbocycles. The van der Waals surface area contributed by atoms with E-state index in [0.717, 1.165) is 12.0 Å². The predicted molar refractivity (Wildman–Crippen MR) is 75.5 cm³/mol. The molecule has 0 aromatic heterocycles. The van der Waals surface area contributed by atoms with Crippen molar-refractivity contribution in [2.75, 3.05) is 20.3 Å². The Morgan fingerprint density at radius 2 is 2.16 bits per heavy atom. The number of benzene rings is 1. The fourth-order valence-corrected chi connectivity index (χ4v) is 1.91. The number of phenolic OH excluding ortho intramolecular Hbond substituents is 1. The van der Waals surface area contributed by atoms with E-state index in [1.165, 1.54) is 0 Å². The zero-order valence-corrected chi connectivity index (χ0v) is 12.1. The van der Waals surface area contributed by atoms with Gasteiger partial charge in [-0.2, -0.15) is 0 Å². The second-order valence-corrected chi connectivity index (χ2v) is 4.77. The molecule has 0 radical (unpaired) electrons. The Bertz CT molecular complexity index is 431. The van der Waals surface area contributed by atoms with Crippen LogP contribution in [0, 0.1) is 6.92 Å². The van der Waals surface area contributed by atoms with E-state index in [1.807, 2.05) is 26.8 Å². The standard InChI is InChI=1S/C15H23NO3/c1-5-12(3)16(8-9-19-4)15(18)13-7-6-11(2)10-14(13)17/h6-7,10,12,17H,5,8-9H2,1-4H3. The van der Waals surface area contributed by atoms with Gasteiger partial charge < -0.3 is 14.7 Å². The van der Waals surface area contributed by atoms with Crippen LogP contribution in [0.3, 0.4) is 0 Å². The van der Waals surface area contributed by atoms with Crippen LogP contribution in [0.25, 0.3) is 0 Å². The number of phenols is 1. The van der Waals surface area contributed by atoms with Gasteiger partial charge >= 0.3 is 0 Å². The first-order chi connectivity index (χ1) is 9.01. The maximum atomic E-state index is 12.5. The zero-order chi connectivity index (χ0) is 14.4. The van der Waals surface area contributed by atoms with Crippen LogP contribution < -0.4 is 0 Å². The summed E-state index contributed by atoms with van der Waals surface area (Å²) in [5.74, 6) is -0.111. The third-order valence-electron chi connectivity index (χ3n) is 3.30. The lowest BCUT2D eigenvalue weighted by molar-refractivity contribution is 0.0611. The molecule has 0 spiro atoms. The Hall–Kier alpha value is -1.55. The first-order valence-corrected chi connectivity index (χ1v) is 6.60. The van der Waals surface area contributed by atoms with Crippen molar-refractivity contribution in [1.82, 2.24) is 4.90 Å². The number of carbonyl (C=O) groups excluding carboxylic acids is 1. The summed E-state index contributed by atoms with van der Waals surface area (Å²) in [5, 5.41) is 9.91. The van der Waals surface area contributed by atoms with Gasteiger partial charge in [0.1, 0.15) is 5.75 Å². The quantitative estimate of drug-likeness (QED) is 0.860. The molecule has 0 aliphatic heterocycles. The Kier molecular flexibility index (Phi) is 5.83. The van der Waals surface area contributed by atoms with E-state index in [2.05, 4.69) is 0 Å². The lowest BCUT2D eigenvalue weighted by Gasteiger charge is -2.28. The van der Waals surface area contributed by atoms with Gasteiger partial charge in [0.05, 0.1) is 12.2 Å². The van der Waals surface area contributed by atoms with Gasteiger partial charge in [-0.1, -0.05) is 13.0 Å². The molecular formula is C15H23NO3. The molecule has 1 amide bonds. The number of carbonyl (C=O) groups is 1. The molecule has 1 rings (SSSR count). The van der Waals surface area contributed by atoms with Crippen molar-refractivity contribution in [2.45, 2.75) is 33.2 Å². The van der Waals surface area contributed by atoms with E-state index in [9.17, 15) is 9.90 Å². The Labute approximate surface area is 115 Å². The summed E-state index contributed by atoms with van der Waals surface area (Å²) in [5.41, 5.74) is 1.28. The first-order valence-electron chi connectivity index (χ1n) is 6.60. The van der Waals surface area contributed by atoms with Crippen LogP contribution in [0.1, 0.15) is 36.2 Å². The fourth-order valence-electron chi connectivity index (χ4n) is 1.91. The highest BCUT2D eigenvalue weighted by atomic mass is 16.5. The average Bonchev–Trinajstić information content (AvgIpc) is 2.38. The van der Waals surface area contributed by atoms with Crippen LogP contribution in [-0.4, -0.2) is 42.2 Å². The maximum Gasteiger partial charge on any atom is 0.257 e. The summed E-state index contributed by atoms with van der Waals surface area (Å²) in [7, 11) is 1.61. The summed E-state index contributed by atoms with van der Waals surface area (Å²) in [6.45, 7) is 6.93. The molecule has 1 unspecified atom stereocenters. The third-order valence-corrected chi connectivity index (χ3v) is 3.30. The topological polar surface area (TPSA) is 49.8 Å². The number of aromatic hydroxyl groups is 1. The van der Waals surface area contributed by atoms with Crippen molar-refractivity contribution in [3.05, 3.63) is 29.3 Å². The van der Waals surface area contributed by atoms with Gasteiger partial charge in [-0.15, -0.1) is 0 Å². The number of methoxy groups -OCH3 is 1. The summed E-state index contributed by atoms with van der Waals surface area (Å²) in [4.78, 5) is 14.2. The SMILES string of the molecule is CCC(C)N(CCOC)C(=O)c1ccc(C)cc1O. The number of hydrogen-bond donors (Lipinski definition) is 1. The molecule has 4 nitrogen and oxygen atoms in total. The number of rotatable bonds is 6. The maximum absolute atomic E-state index is 12.5. The van der Waals surface area contributed by atoms with E-state index >= 15 is 0 Å². The largest absolute Gasteiger partial charge is 0.507 e. The Balaban J connectivity index is 2.97. The Morgan fingerprint density at radius 3 is 2.68 bits per heavy atom. The number of amides is 1. The fraction of sp³-hybridized carbons (Fsp3) is 0.533. The van der Waals surface area contributed by atoms with Crippen molar-refractivity contribution in [3.8, 4) is 5.75 Å². The van der Waals surface area contributed by atoms with Crippen LogP contribution in [0.5, 0.6) is 5.75 Å². The minimum Gasteiger partial charge on any atom is -0.507 e. The zero-order valence-electron chi connectivity index (χ0n) is 12.1. The highest BCUT2D eigenvalue weighted by Crippen LogP contribution is 2.21. The van der Waals surface area contributed by atoms with Crippen LogP contribution in [-0.2, 0) is 4.74 Å². The van der Waals surface area contributed by atoms with Gasteiger partial charge in [0.2, 0.25) is 0 Å². The molecular weight excluding hydrogens is 242 g/mol. The van der Waals surface area contributed by atoms with Crippen LogP contribution in [0.2, 0.25) is 0 Å². The predicted octanol–water partition coefficient (Wildman–Crippen LogP) is 2.59. The van der Waals surface area contributed by atoms with Crippen LogP contribution >= 0.6 is 0 Å². The second kappa shape index (κ2) is 7.14. The lowest BCUT2D eigenvalue weighted by Crippen LogP contribution is -2.40. The molecule has 19 heavy (non-hydrogen) atoms. The van der Waals surface area contributed by atoms with Gasteiger partial charge in [0.15, 0.2) is 0 Å². The molecule has 4 heteroatoms. The number of hydrogen-bond acceptors (Lipinski definition) is 3. The Morgan fingerprint density at radius 1 is 1.47 bits per heavy atom. The molecule has 0 aliphatic rings. The summed E-state index contributed by atoms with van der Waals surface area (Å²) in [6.07, 6.45) is 0.863. The highest BCUT2D eigenvalue weighted by molar-refractivity contribution is 5.97. The van der Waals surface area contributed by atoms with Crippen molar-refractivity contribution in [1.29, 1.82) is 0 Å². The first kappa shape index (κ1) is 15.5. The average molecular weight is 265 g/mol. The normalized spacial score (nSPS) is 12.2.